The highest BCUT2D eigenvalue weighted by molar-refractivity contribution is 5.35. The van der Waals surface area contributed by atoms with Crippen LogP contribution in [0, 0.1) is 0 Å². The van der Waals surface area contributed by atoms with Crippen LogP contribution in [0.25, 0.3) is 0 Å². The van der Waals surface area contributed by atoms with E-state index in [1.807, 2.05) is 24.3 Å². The molecule has 1 aromatic carbocycles. The summed E-state index contributed by atoms with van der Waals surface area (Å²) in [4.78, 5) is 0. The number of benzene rings is 1. The quantitative estimate of drug-likeness (QED) is 0.752. The molecule has 88 valence electrons. The summed E-state index contributed by atoms with van der Waals surface area (Å²) in [5, 5.41) is 0. The number of alkyl halides is 3. The monoisotopic (exact) mass is 230 g/mol. The van der Waals surface area contributed by atoms with Crippen LogP contribution in [0.5, 0.6) is 5.75 Å². The number of rotatable bonds is 2. The average molecular weight is 230 g/mol. The first-order chi connectivity index (χ1) is 7.54. The third-order valence-electron chi connectivity index (χ3n) is 2.75. The zero-order chi connectivity index (χ0) is 11.6. The van der Waals surface area contributed by atoms with Crippen LogP contribution in [0.2, 0.25) is 0 Å². The van der Waals surface area contributed by atoms with Gasteiger partial charge < -0.3 is 4.74 Å². The molecule has 1 aromatic rings. The second-order valence-electron chi connectivity index (χ2n) is 4.04. The van der Waals surface area contributed by atoms with Gasteiger partial charge in [-0.1, -0.05) is 18.2 Å². The molecule has 1 nitrogen and oxygen atoms in total. The zero-order valence-corrected chi connectivity index (χ0v) is 8.76. The second-order valence-corrected chi connectivity index (χ2v) is 4.04. The fourth-order valence-corrected chi connectivity index (χ4v) is 1.91. The average Bonchev–Trinajstić information content (AvgIpc) is 2.25. The number of aryl methyl sites for hydroxylation is 1. The molecule has 1 atom stereocenters. The molecule has 0 bridgehead atoms. The van der Waals surface area contributed by atoms with E-state index in [0.29, 0.717) is 6.42 Å². The summed E-state index contributed by atoms with van der Waals surface area (Å²) in [6, 6.07) is 7.52. The van der Waals surface area contributed by atoms with Crippen LogP contribution >= 0.6 is 0 Å². The number of hydrogen-bond acceptors (Lipinski definition) is 1. The van der Waals surface area contributed by atoms with Crippen molar-refractivity contribution in [2.45, 2.75) is 38.0 Å². The van der Waals surface area contributed by atoms with Gasteiger partial charge in [-0.15, -0.1) is 0 Å². The fourth-order valence-electron chi connectivity index (χ4n) is 1.91. The molecule has 0 N–H and O–H groups in total. The highest BCUT2D eigenvalue weighted by Crippen LogP contribution is 2.31. The summed E-state index contributed by atoms with van der Waals surface area (Å²) < 4.78 is 41.7. The van der Waals surface area contributed by atoms with Crippen molar-refractivity contribution in [2.75, 3.05) is 0 Å². The van der Waals surface area contributed by atoms with Crippen LogP contribution in [-0.4, -0.2) is 12.3 Å². The smallest absolute Gasteiger partial charge is 0.389 e. The predicted molar refractivity (Wildman–Crippen MR) is 54.5 cm³/mol. The zero-order valence-electron chi connectivity index (χ0n) is 8.76. The van der Waals surface area contributed by atoms with Gasteiger partial charge >= 0.3 is 6.18 Å². The van der Waals surface area contributed by atoms with Crippen LogP contribution in [0.4, 0.5) is 13.2 Å². The summed E-state index contributed by atoms with van der Waals surface area (Å²) in [5.74, 6) is 0.737. The summed E-state index contributed by atoms with van der Waals surface area (Å²) in [6.45, 7) is 0. The minimum absolute atomic E-state index is 0.0534. The van der Waals surface area contributed by atoms with Crippen molar-refractivity contribution >= 4 is 0 Å². The Labute approximate surface area is 92.2 Å². The van der Waals surface area contributed by atoms with Crippen molar-refractivity contribution in [3.05, 3.63) is 29.8 Å². The van der Waals surface area contributed by atoms with E-state index in [9.17, 15) is 13.2 Å². The van der Waals surface area contributed by atoms with Crippen LogP contribution in [0.3, 0.4) is 0 Å². The first kappa shape index (κ1) is 11.3. The Balaban J connectivity index is 1.93. The van der Waals surface area contributed by atoms with Crippen LogP contribution < -0.4 is 4.74 Å². The Kier molecular flexibility index (Phi) is 3.08. The highest BCUT2D eigenvalue weighted by Gasteiger charge is 2.30. The van der Waals surface area contributed by atoms with Crippen molar-refractivity contribution < 1.29 is 17.9 Å². The molecule has 16 heavy (non-hydrogen) atoms. The number of halogens is 3. The van der Waals surface area contributed by atoms with E-state index in [1.165, 1.54) is 0 Å². The van der Waals surface area contributed by atoms with Gasteiger partial charge in [0.05, 0.1) is 6.10 Å². The number of hydrogen-bond donors (Lipinski definition) is 0. The summed E-state index contributed by atoms with van der Waals surface area (Å²) in [5.41, 5.74) is 1.09. The van der Waals surface area contributed by atoms with E-state index < -0.39 is 12.6 Å². The maximum absolute atomic E-state index is 12.1. The lowest BCUT2D eigenvalue weighted by atomic mass is 9.99. The Morgan fingerprint density at radius 1 is 1.25 bits per heavy atom. The third-order valence-corrected chi connectivity index (χ3v) is 2.75. The van der Waals surface area contributed by atoms with E-state index in [4.69, 9.17) is 4.74 Å². The molecule has 0 aliphatic carbocycles. The molecule has 4 heteroatoms. The lowest BCUT2D eigenvalue weighted by molar-refractivity contribution is -0.139. The van der Waals surface area contributed by atoms with E-state index in [1.54, 1.807) is 0 Å². The second kappa shape index (κ2) is 4.36. The minimum Gasteiger partial charge on any atom is -0.490 e. The van der Waals surface area contributed by atoms with Gasteiger partial charge in [0.25, 0.3) is 0 Å². The Hall–Kier alpha value is -1.19. The first-order valence-electron chi connectivity index (χ1n) is 5.36. The number of para-hydroxylation sites is 1. The molecule has 2 rings (SSSR count). The van der Waals surface area contributed by atoms with E-state index >= 15 is 0 Å². The minimum atomic E-state index is -4.08. The molecule has 1 heterocycles. The molecular weight excluding hydrogens is 217 g/mol. The van der Waals surface area contributed by atoms with Gasteiger partial charge in [-0.05, 0) is 30.9 Å². The third kappa shape index (κ3) is 2.90. The summed E-state index contributed by atoms with van der Waals surface area (Å²) in [7, 11) is 0. The van der Waals surface area contributed by atoms with Crippen molar-refractivity contribution in [1.82, 2.24) is 0 Å². The lowest BCUT2D eigenvalue weighted by Gasteiger charge is -2.26. The number of fused-ring (bicyclic) bond motifs is 1. The standard InChI is InChI=1S/C12H13F3O/c13-12(14,15)8-7-10-6-5-9-3-1-2-4-11(9)16-10/h1-4,10H,5-8H2/t10-/m1/s1. The van der Waals surface area contributed by atoms with Crippen molar-refractivity contribution in [3.63, 3.8) is 0 Å². The Morgan fingerprint density at radius 3 is 2.75 bits per heavy atom. The van der Waals surface area contributed by atoms with Crippen molar-refractivity contribution in [3.8, 4) is 5.75 Å². The molecule has 1 aliphatic rings. The van der Waals surface area contributed by atoms with E-state index in [0.717, 1.165) is 17.7 Å². The largest absolute Gasteiger partial charge is 0.490 e. The van der Waals surface area contributed by atoms with Gasteiger partial charge in [-0.2, -0.15) is 13.2 Å². The normalized spacial score (nSPS) is 20.1. The topological polar surface area (TPSA) is 9.23 Å². The molecule has 0 spiro atoms. The highest BCUT2D eigenvalue weighted by atomic mass is 19.4. The van der Waals surface area contributed by atoms with Crippen LogP contribution in [-0.2, 0) is 6.42 Å². The van der Waals surface area contributed by atoms with Gasteiger partial charge in [0.1, 0.15) is 5.75 Å². The molecular formula is C12H13F3O. The molecule has 1 aliphatic heterocycles. The molecule has 0 radical (unpaired) electrons. The van der Waals surface area contributed by atoms with Crippen LogP contribution in [0.15, 0.2) is 24.3 Å². The van der Waals surface area contributed by atoms with E-state index in [2.05, 4.69) is 0 Å². The maximum Gasteiger partial charge on any atom is 0.389 e. The molecule has 0 saturated heterocycles. The van der Waals surface area contributed by atoms with Gasteiger partial charge in [0.15, 0.2) is 0 Å². The van der Waals surface area contributed by atoms with Gasteiger partial charge in [0.2, 0.25) is 0 Å². The van der Waals surface area contributed by atoms with Gasteiger partial charge in [0, 0.05) is 6.42 Å². The molecule has 0 amide bonds. The predicted octanol–water partition coefficient (Wildman–Crippen LogP) is 3.72. The van der Waals surface area contributed by atoms with Crippen molar-refractivity contribution in [2.24, 2.45) is 0 Å². The van der Waals surface area contributed by atoms with Crippen LogP contribution in [0.1, 0.15) is 24.8 Å². The van der Waals surface area contributed by atoms with Gasteiger partial charge in [-0.25, -0.2) is 0 Å². The lowest BCUT2D eigenvalue weighted by Crippen LogP contribution is -2.24. The molecule has 0 fully saturated rings. The Morgan fingerprint density at radius 2 is 2.00 bits per heavy atom. The van der Waals surface area contributed by atoms with Gasteiger partial charge in [-0.3, -0.25) is 0 Å². The fraction of sp³-hybridized carbons (Fsp3) is 0.500. The molecule has 0 saturated carbocycles. The SMILES string of the molecule is FC(F)(F)CC[C@H]1CCc2ccccc2O1. The Bertz CT molecular complexity index is 360. The van der Waals surface area contributed by atoms with E-state index in [-0.39, 0.29) is 12.5 Å². The maximum atomic E-state index is 12.1. The first-order valence-corrected chi connectivity index (χ1v) is 5.36. The summed E-state index contributed by atoms with van der Waals surface area (Å²) >= 11 is 0. The van der Waals surface area contributed by atoms with Crippen molar-refractivity contribution in [1.29, 1.82) is 0 Å². The molecule has 0 aromatic heterocycles. The summed E-state index contributed by atoms with van der Waals surface area (Å²) in [6.07, 6.45) is -3.61. The molecule has 0 unspecified atom stereocenters. The number of ether oxygens (including phenoxy) is 1.